The fourth-order valence-electron chi connectivity index (χ4n) is 2.60. The molecule has 0 bridgehead atoms. The predicted molar refractivity (Wildman–Crippen MR) is 100 cm³/mol. The van der Waals surface area contributed by atoms with Gasteiger partial charge in [-0.05, 0) is 31.2 Å². The van der Waals surface area contributed by atoms with Crippen LogP contribution in [0.15, 0.2) is 45.7 Å². The summed E-state index contributed by atoms with van der Waals surface area (Å²) in [6.07, 6.45) is 0. The fraction of sp³-hybridized carbons (Fsp3) is 0.176. The van der Waals surface area contributed by atoms with Crippen LogP contribution in [0.3, 0.4) is 0 Å². The highest BCUT2D eigenvalue weighted by Gasteiger charge is 2.13. The third-order valence-corrected chi connectivity index (χ3v) is 5.91. The summed E-state index contributed by atoms with van der Waals surface area (Å²) in [4.78, 5) is 17.5. The highest BCUT2D eigenvalue weighted by Crippen LogP contribution is 2.25. The number of hydrogen-bond donors (Lipinski definition) is 0. The van der Waals surface area contributed by atoms with Crippen molar-refractivity contribution in [2.75, 3.05) is 0 Å². The minimum atomic E-state index is -0.290. The molecule has 0 N–H and O–H groups in total. The molecule has 0 radical (unpaired) electrons. The summed E-state index contributed by atoms with van der Waals surface area (Å²) in [5, 5.41) is 11.0. The molecule has 0 saturated heterocycles. The molecule has 3 aromatic heterocycles. The van der Waals surface area contributed by atoms with Crippen molar-refractivity contribution in [1.29, 1.82) is 0 Å². The molecule has 0 aliphatic rings. The number of thioether (sulfide) groups is 1. The van der Waals surface area contributed by atoms with Crippen LogP contribution in [0.2, 0.25) is 0 Å². The molecule has 0 fully saturated rings. The Kier molecular flexibility index (Phi) is 4.33. The Labute approximate surface area is 156 Å². The van der Waals surface area contributed by atoms with Crippen molar-refractivity contribution in [2.24, 2.45) is 7.05 Å². The van der Waals surface area contributed by atoms with Crippen molar-refractivity contribution in [2.45, 2.75) is 17.8 Å². The molecule has 0 aliphatic carbocycles. The van der Waals surface area contributed by atoms with Crippen molar-refractivity contribution in [3.8, 4) is 11.4 Å². The van der Waals surface area contributed by atoms with Crippen LogP contribution in [0.25, 0.3) is 16.3 Å². The quantitative estimate of drug-likeness (QED) is 0.503. The van der Waals surface area contributed by atoms with Crippen molar-refractivity contribution < 1.29 is 4.39 Å². The van der Waals surface area contributed by atoms with E-state index in [2.05, 4.69) is 15.2 Å². The normalized spacial score (nSPS) is 11.3. The summed E-state index contributed by atoms with van der Waals surface area (Å²) in [7, 11) is 1.86. The second kappa shape index (κ2) is 6.65. The van der Waals surface area contributed by atoms with Gasteiger partial charge in [0, 0.05) is 35.5 Å². The minimum Gasteiger partial charge on any atom is -0.305 e. The van der Waals surface area contributed by atoms with Gasteiger partial charge in [-0.1, -0.05) is 11.8 Å². The lowest BCUT2D eigenvalue weighted by atomic mass is 10.2. The molecule has 1 aromatic carbocycles. The number of benzene rings is 1. The van der Waals surface area contributed by atoms with Crippen LogP contribution in [-0.2, 0) is 12.8 Å². The maximum atomic E-state index is 13.1. The lowest BCUT2D eigenvalue weighted by molar-refractivity contribution is 0.628. The van der Waals surface area contributed by atoms with E-state index >= 15 is 0 Å². The molecule has 4 aromatic rings. The van der Waals surface area contributed by atoms with Crippen molar-refractivity contribution >= 4 is 28.1 Å². The second-order valence-corrected chi connectivity index (χ2v) is 7.52. The lowest BCUT2D eigenvalue weighted by Crippen LogP contribution is -2.14. The maximum Gasteiger partial charge on any atom is 0.258 e. The standard InChI is InChI=1S/C17H14FN5OS2/c1-10-8-25-16-19-13(7-14(24)23(10)16)9-26-17-21-20-15(22(17)2)11-3-5-12(18)6-4-11/h3-8H,9H2,1-2H3. The predicted octanol–water partition coefficient (Wildman–Crippen LogP) is 3.29. The Morgan fingerprint density at radius 1 is 1.23 bits per heavy atom. The Balaban J connectivity index is 1.57. The van der Waals surface area contributed by atoms with Gasteiger partial charge in [0.1, 0.15) is 5.82 Å². The van der Waals surface area contributed by atoms with Crippen LogP contribution in [0.4, 0.5) is 4.39 Å². The van der Waals surface area contributed by atoms with E-state index in [0.29, 0.717) is 27.4 Å². The Morgan fingerprint density at radius 2 is 2.00 bits per heavy atom. The number of halogens is 1. The van der Waals surface area contributed by atoms with Crippen LogP contribution in [0.5, 0.6) is 0 Å². The highest BCUT2D eigenvalue weighted by atomic mass is 32.2. The summed E-state index contributed by atoms with van der Waals surface area (Å²) in [6, 6.07) is 7.68. The van der Waals surface area contributed by atoms with Crippen LogP contribution in [0.1, 0.15) is 11.4 Å². The molecular formula is C17H14FN5OS2. The number of rotatable bonds is 4. The Bertz CT molecular complexity index is 1150. The smallest absolute Gasteiger partial charge is 0.258 e. The first kappa shape index (κ1) is 16.9. The summed E-state index contributed by atoms with van der Waals surface area (Å²) < 4.78 is 16.5. The number of nitrogens with zero attached hydrogens (tertiary/aromatic N) is 5. The maximum absolute atomic E-state index is 13.1. The Morgan fingerprint density at radius 3 is 2.77 bits per heavy atom. The zero-order valence-corrected chi connectivity index (χ0v) is 15.6. The van der Waals surface area contributed by atoms with E-state index in [0.717, 1.165) is 11.3 Å². The number of aryl methyl sites for hydroxylation is 1. The van der Waals surface area contributed by atoms with Crippen molar-refractivity contribution in [1.82, 2.24) is 24.1 Å². The first-order valence-corrected chi connectivity index (χ1v) is 9.64. The molecule has 6 nitrogen and oxygen atoms in total. The van der Waals surface area contributed by atoms with Gasteiger partial charge in [0.15, 0.2) is 15.9 Å². The summed E-state index contributed by atoms with van der Waals surface area (Å²) in [5.41, 5.74) is 2.31. The molecule has 9 heteroatoms. The summed E-state index contributed by atoms with van der Waals surface area (Å²) in [6.45, 7) is 1.89. The second-order valence-electron chi connectivity index (χ2n) is 5.74. The van der Waals surface area contributed by atoms with Gasteiger partial charge in [-0.3, -0.25) is 9.20 Å². The zero-order chi connectivity index (χ0) is 18.3. The SMILES string of the molecule is Cc1csc2nc(CSc3nnc(-c4ccc(F)cc4)n3C)cc(=O)n12. The average Bonchev–Trinajstić information content (AvgIpc) is 3.17. The third kappa shape index (κ3) is 3.04. The monoisotopic (exact) mass is 387 g/mol. The molecule has 0 amide bonds. The van der Waals surface area contributed by atoms with Gasteiger partial charge < -0.3 is 4.57 Å². The molecule has 132 valence electrons. The van der Waals surface area contributed by atoms with Gasteiger partial charge in [0.25, 0.3) is 5.56 Å². The van der Waals surface area contributed by atoms with E-state index in [-0.39, 0.29) is 11.4 Å². The van der Waals surface area contributed by atoms with E-state index in [1.165, 1.54) is 35.2 Å². The zero-order valence-electron chi connectivity index (χ0n) is 14.0. The van der Waals surface area contributed by atoms with E-state index in [9.17, 15) is 9.18 Å². The largest absolute Gasteiger partial charge is 0.305 e. The summed E-state index contributed by atoms with van der Waals surface area (Å²) in [5.74, 6) is 0.880. The van der Waals surface area contributed by atoms with Gasteiger partial charge in [-0.25, -0.2) is 9.37 Å². The fourth-order valence-corrected chi connectivity index (χ4v) is 4.30. The lowest BCUT2D eigenvalue weighted by Gasteiger charge is -2.04. The first-order chi connectivity index (χ1) is 12.5. The van der Waals surface area contributed by atoms with E-state index < -0.39 is 0 Å². The van der Waals surface area contributed by atoms with Crippen LogP contribution < -0.4 is 5.56 Å². The van der Waals surface area contributed by atoms with Gasteiger partial charge in [0.2, 0.25) is 0 Å². The molecule has 0 spiro atoms. The minimum absolute atomic E-state index is 0.0747. The van der Waals surface area contributed by atoms with Crippen molar-refractivity contribution in [3.05, 3.63) is 63.3 Å². The van der Waals surface area contributed by atoms with Crippen LogP contribution in [-0.4, -0.2) is 24.1 Å². The van der Waals surface area contributed by atoms with Crippen molar-refractivity contribution in [3.63, 3.8) is 0 Å². The van der Waals surface area contributed by atoms with Crippen LogP contribution >= 0.6 is 23.1 Å². The van der Waals surface area contributed by atoms with E-state index in [4.69, 9.17) is 0 Å². The highest BCUT2D eigenvalue weighted by molar-refractivity contribution is 7.98. The molecule has 3 heterocycles. The number of aromatic nitrogens is 5. The molecule has 0 saturated carbocycles. The van der Waals surface area contributed by atoms with Gasteiger partial charge in [0.05, 0.1) is 5.69 Å². The number of fused-ring (bicyclic) bond motifs is 1. The van der Waals surface area contributed by atoms with Crippen LogP contribution in [0, 0.1) is 12.7 Å². The number of hydrogen-bond acceptors (Lipinski definition) is 6. The number of thiazole rings is 1. The average molecular weight is 387 g/mol. The molecule has 0 aliphatic heterocycles. The topological polar surface area (TPSA) is 65.1 Å². The summed E-state index contributed by atoms with van der Waals surface area (Å²) >= 11 is 2.90. The first-order valence-electron chi connectivity index (χ1n) is 7.78. The van der Waals surface area contributed by atoms with Gasteiger partial charge >= 0.3 is 0 Å². The van der Waals surface area contributed by atoms with E-state index in [1.54, 1.807) is 22.6 Å². The molecule has 0 atom stereocenters. The van der Waals surface area contributed by atoms with Gasteiger partial charge in [-0.2, -0.15) is 0 Å². The molecule has 26 heavy (non-hydrogen) atoms. The molecular weight excluding hydrogens is 373 g/mol. The third-order valence-electron chi connectivity index (χ3n) is 3.92. The Hall–Kier alpha value is -2.52. The molecule has 0 unspecified atom stereocenters. The molecule has 4 rings (SSSR count). The van der Waals surface area contributed by atoms with E-state index in [1.807, 2.05) is 23.9 Å². The van der Waals surface area contributed by atoms with Gasteiger partial charge in [-0.15, -0.1) is 21.5 Å².